The van der Waals surface area contributed by atoms with Crippen molar-refractivity contribution in [1.29, 1.82) is 0 Å². The average Bonchev–Trinajstić information content (AvgIpc) is 2.39. The highest BCUT2D eigenvalue weighted by molar-refractivity contribution is 9.10. The highest BCUT2D eigenvalue weighted by atomic mass is 79.9. The van der Waals surface area contributed by atoms with Crippen LogP contribution in [0.1, 0.15) is 15.9 Å². The summed E-state index contributed by atoms with van der Waals surface area (Å²) in [7, 11) is 0. The zero-order valence-corrected chi connectivity index (χ0v) is 12.6. The summed E-state index contributed by atoms with van der Waals surface area (Å²) < 4.78 is 27.7. The van der Waals surface area contributed by atoms with Crippen molar-refractivity contribution in [1.82, 2.24) is 0 Å². The fraction of sp³-hybridized carbons (Fsp3) is 0.0714. The number of rotatable bonds is 2. The van der Waals surface area contributed by atoms with Crippen LogP contribution in [0.2, 0.25) is 5.02 Å². The third-order valence-electron chi connectivity index (χ3n) is 2.68. The van der Waals surface area contributed by atoms with Crippen LogP contribution in [-0.4, -0.2) is 5.91 Å². The largest absolute Gasteiger partial charge is 0.319 e. The fourth-order valence-corrected chi connectivity index (χ4v) is 2.00. The summed E-state index contributed by atoms with van der Waals surface area (Å²) >= 11 is 9.08. The number of halogens is 4. The molecular weight excluding hydrogens is 352 g/mol. The Morgan fingerprint density at radius 1 is 1.20 bits per heavy atom. The van der Waals surface area contributed by atoms with Gasteiger partial charge >= 0.3 is 0 Å². The zero-order valence-electron chi connectivity index (χ0n) is 10.3. The number of anilines is 1. The van der Waals surface area contributed by atoms with Crippen LogP contribution in [0.4, 0.5) is 14.5 Å². The molecule has 0 spiro atoms. The van der Waals surface area contributed by atoms with Crippen LogP contribution in [0.3, 0.4) is 0 Å². The van der Waals surface area contributed by atoms with Crippen LogP contribution in [0, 0.1) is 18.6 Å². The number of hydrogen-bond donors (Lipinski definition) is 1. The smallest absolute Gasteiger partial charge is 0.255 e. The van der Waals surface area contributed by atoms with Crippen LogP contribution in [0.5, 0.6) is 0 Å². The van der Waals surface area contributed by atoms with Gasteiger partial charge in [0.05, 0.1) is 10.7 Å². The summed E-state index contributed by atoms with van der Waals surface area (Å²) in [6.45, 7) is 1.44. The van der Waals surface area contributed by atoms with Crippen molar-refractivity contribution in [3.63, 3.8) is 0 Å². The van der Waals surface area contributed by atoms with Gasteiger partial charge in [0.2, 0.25) is 0 Å². The first kappa shape index (κ1) is 14.9. The zero-order chi connectivity index (χ0) is 14.9. The molecule has 2 nitrogen and oxygen atoms in total. The Hall–Kier alpha value is -1.46. The predicted molar refractivity (Wildman–Crippen MR) is 78.2 cm³/mol. The highest BCUT2D eigenvalue weighted by Crippen LogP contribution is 2.24. The van der Waals surface area contributed by atoms with Gasteiger partial charge in [-0.2, -0.15) is 0 Å². The molecule has 0 saturated heterocycles. The maximum atomic E-state index is 13.6. The molecule has 0 aromatic heterocycles. The fourth-order valence-electron chi connectivity index (χ4n) is 1.57. The molecule has 0 aliphatic heterocycles. The second-order valence-electron chi connectivity index (χ2n) is 4.16. The Morgan fingerprint density at radius 2 is 1.90 bits per heavy atom. The Morgan fingerprint density at radius 3 is 2.55 bits per heavy atom. The van der Waals surface area contributed by atoms with E-state index in [1.165, 1.54) is 19.1 Å². The molecule has 104 valence electrons. The minimum Gasteiger partial charge on any atom is -0.319 e. The normalized spacial score (nSPS) is 10.4. The standard InChI is InChI=1S/C14H9BrClF2NO/c1-7-4-12(18)13(6-11(7)17)19-14(20)8-2-3-9(15)10(16)5-8/h2-6H,1H3,(H,19,20). The number of aryl methyl sites for hydroxylation is 1. The lowest BCUT2D eigenvalue weighted by Gasteiger charge is -2.08. The van der Waals surface area contributed by atoms with E-state index in [1.807, 2.05) is 0 Å². The van der Waals surface area contributed by atoms with Gasteiger partial charge < -0.3 is 5.32 Å². The van der Waals surface area contributed by atoms with Gasteiger partial charge in [-0.15, -0.1) is 0 Å². The highest BCUT2D eigenvalue weighted by Gasteiger charge is 2.13. The Kier molecular flexibility index (Phi) is 4.40. The molecule has 6 heteroatoms. The summed E-state index contributed by atoms with van der Waals surface area (Å²) in [6.07, 6.45) is 0. The molecule has 0 unspecified atom stereocenters. The molecule has 0 aliphatic carbocycles. The minimum atomic E-state index is -0.694. The molecule has 0 saturated carbocycles. The Labute approximate surface area is 127 Å². The van der Waals surface area contributed by atoms with Crippen molar-refractivity contribution >= 4 is 39.1 Å². The first-order valence-electron chi connectivity index (χ1n) is 5.60. The summed E-state index contributed by atoms with van der Waals surface area (Å²) in [6, 6.07) is 6.53. The maximum Gasteiger partial charge on any atom is 0.255 e. The monoisotopic (exact) mass is 359 g/mol. The van der Waals surface area contributed by atoms with Gasteiger partial charge in [-0.1, -0.05) is 11.6 Å². The van der Waals surface area contributed by atoms with Crippen LogP contribution < -0.4 is 5.32 Å². The van der Waals surface area contributed by atoms with Crippen LogP contribution in [0.15, 0.2) is 34.8 Å². The molecule has 2 aromatic carbocycles. The predicted octanol–water partition coefficient (Wildman–Crippen LogP) is 4.94. The van der Waals surface area contributed by atoms with Crippen molar-refractivity contribution in [3.8, 4) is 0 Å². The summed E-state index contributed by atoms with van der Waals surface area (Å²) in [5.41, 5.74) is 0.211. The molecule has 0 aliphatic rings. The van der Waals surface area contributed by atoms with Crippen molar-refractivity contribution < 1.29 is 13.6 Å². The average molecular weight is 361 g/mol. The topological polar surface area (TPSA) is 29.1 Å². The second-order valence-corrected chi connectivity index (χ2v) is 5.43. The van der Waals surface area contributed by atoms with E-state index < -0.39 is 17.5 Å². The van der Waals surface area contributed by atoms with Gasteiger partial charge in [0.1, 0.15) is 11.6 Å². The first-order valence-corrected chi connectivity index (χ1v) is 6.77. The number of benzene rings is 2. The Balaban J connectivity index is 2.27. The van der Waals surface area contributed by atoms with Crippen molar-refractivity contribution in [2.24, 2.45) is 0 Å². The molecule has 1 amide bonds. The van der Waals surface area contributed by atoms with E-state index in [0.717, 1.165) is 12.1 Å². The molecule has 1 N–H and O–H groups in total. The minimum absolute atomic E-state index is 0.173. The molecule has 0 bridgehead atoms. The Bertz CT molecular complexity index is 691. The SMILES string of the molecule is Cc1cc(F)c(NC(=O)c2ccc(Br)c(Cl)c2)cc1F. The summed E-state index contributed by atoms with van der Waals surface area (Å²) in [5, 5.41) is 2.67. The van der Waals surface area contributed by atoms with E-state index in [-0.39, 0.29) is 16.8 Å². The number of carbonyl (C=O) groups excluding carboxylic acids is 1. The number of amides is 1. The van der Waals surface area contributed by atoms with Crippen molar-refractivity contribution in [2.75, 3.05) is 5.32 Å². The van der Waals surface area contributed by atoms with E-state index in [2.05, 4.69) is 21.2 Å². The number of hydrogen-bond acceptors (Lipinski definition) is 1. The van der Waals surface area contributed by atoms with Crippen molar-refractivity contribution in [2.45, 2.75) is 6.92 Å². The van der Waals surface area contributed by atoms with Crippen molar-refractivity contribution in [3.05, 3.63) is 62.6 Å². The van der Waals surface area contributed by atoms with E-state index in [1.54, 1.807) is 6.07 Å². The molecule has 0 heterocycles. The van der Waals surface area contributed by atoms with Crippen LogP contribution >= 0.6 is 27.5 Å². The van der Waals surface area contributed by atoms with Gasteiger partial charge in [-0.3, -0.25) is 4.79 Å². The lowest BCUT2D eigenvalue weighted by molar-refractivity contribution is 0.102. The third-order valence-corrected chi connectivity index (χ3v) is 3.91. The molecule has 20 heavy (non-hydrogen) atoms. The van der Waals surface area contributed by atoms with Crippen LogP contribution in [0.25, 0.3) is 0 Å². The van der Waals surface area contributed by atoms with Gasteiger partial charge in [-0.05, 0) is 52.7 Å². The van der Waals surface area contributed by atoms with Gasteiger partial charge in [-0.25, -0.2) is 8.78 Å². The molecule has 0 atom stereocenters. The first-order chi connectivity index (χ1) is 9.38. The second kappa shape index (κ2) is 5.89. The number of nitrogens with one attached hydrogen (secondary N) is 1. The maximum absolute atomic E-state index is 13.6. The molecule has 0 fully saturated rings. The molecular formula is C14H9BrClF2NO. The van der Waals surface area contributed by atoms with Gasteiger partial charge in [0.25, 0.3) is 5.91 Å². The molecule has 2 rings (SSSR count). The molecule has 2 aromatic rings. The van der Waals surface area contributed by atoms with Gasteiger partial charge in [0.15, 0.2) is 0 Å². The van der Waals surface area contributed by atoms with E-state index in [0.29, 0.717) is 9.50 Å². The summed E-state index contributed by atoms with van der Waals surface area (Å²) in [4.78, 5) is 12.0. The number of carbonyl (C=O) groups is 1. The van der Waals surface area contributed by atoms with E-state index in [4.69, 9.17) is 11.6 Å². The quantitative estimate of drug-likeness (QED) is 0.807. The summed E-state index contributed by atoms with van der Waals surface area (Å²) in [5.74, 6) is -1.85. The lowest BCUT2D eigenvalue weighted by atomic mass is 10.1. The third kappa shape index (κ3) is 3.16. The van der Waals surface area contributed by atoms with Crippen LogP contribution in [-0.2, 0) is 0 Å². The van der Waals surface area contributed by atoms with E-state index in [9.17, 15) is 13.6 Å². The molecule has 0 radical (unpaired) electrons. The van der Waals surface area contributed by atoms with E-state index >= 15 is 0 Å². The van der Waals surface area contributed by atoms with Gasteiger partial charge in [0, 0.05) is 16.1 Å². The lowest BCUT2D eigenvalue weighted by Crippen LogP contribution is -2.13.